The van der Waals surface area contributed by atoms with Crippen molar-refractivity contribution >= 4 is 17.7 Å². The predicted octanol–water partition coefficient (Wildman–Crippen LogP) is 2.57. The van der Waals surface area contributed by atoms with Crippen LogP contribution in [0.3, 0.4) is 0 Å². The molecule has 29 heavy (non-hydrogen) atoms. The summed E-state index contributed by atoms with van der Waals surface area (Å²) in [6, 6.07) is 16.1. The van der Waals surface area contributed by atoms with Gasteiger partial charge < -0.3 is 16.0 Å². The zero-order chi connectivity index (χ0) is 21.2. The van der Waals surface area contributed by atoms with Gasteiger partial charge in [-0.05, 0) is 36.5 Å². The van der Waals surface area contributed by atoms with Crippen LogP contribution < -0.4 is 16.0 Å². The molecule has 0 saturated carbocycles. The summed E-state index contributed by atoms with van der Waals surface area (Å²) in [6.45, 7) is 6.07. The van der Waals surface area contributed by atoms with E-state index in [4.69, 9.17) is 0 Å². The average molecular weight is 396 g/mol. The van der Waals surface area contributed by atoms with E-state index >= 15 is 0 Å². The number of amides is 3. The van der Waals surface area contributed by atoms with Gasteiger partial charge in [0.1, 0.15) is 6.04 Å². The van der Waals surface area contributed by atoms with Crippen molar-refractivity contribution in [3.8, 4) is 0 Å². The molecule has 2 rings (SSSR count). The fourth-order valence-corrected chi connectivity index (χ4v) is 2.92. The smallest absolute Gasteiger partial charge is 0.252 e. The summed E-state index contributed by atoms with van der Waals surface area (Å²) in [5, 5.41) is 8.20. The molecular weight excluding hydrogens is 366 g/mol. The molecule has 0 aliphatic carbocycles. The lowest BCUT2D eigenvalue weighted by molar-refractivity contribution is -0.127. The van der Waals surface area contributed by atoms with Crippen molar-refractivity contribution in [3.05, 3.63) is 71.3 Å². The van der Waals surface area contributed by atoms with Crippen LogP contribution in [0.2, 0.25) is 0 Å². The molecule has 6 heteroatoms. The minimum Gasteiger partial charge on any atom is -0.350 e. The summed E-state index contributed by atoms with van der Waals surface area (Å²) in [4.78, 5) is 37.2. The largest absolute Gasteiger partial charge is 0.350 e. The van der Waals surface area contributed by atoms with E-state index in [1.165, 1.54) is 0 Å². The maximum atomic E-state index is 12.6. The molecule has 0 aliphatic heterocycles. The number of aryl methyl sites for hydroxylation is 1. The Labute approximate surface area is 172 Å². The van der Waals surface area contributed by atoms with Crippen molar-refractivity contribution in [2.45, 2.75) is 39.8 Å². The van der Waals surface area contributed by atoms with E-state index in [-0.39, 0.29) is 30.2 Å². The van der Waals surface area contributed by atoms with Gasteiger partial charge in [0, 0.05) is 12.1 Å². The van der Waals surface area contributed by atoms with Crippen molar-refractivity contribution in [1.82, 2.24) is 16.0 Å². The summed E-state index contributed by atoms with van der Waals surface area (Å²) in [7, 11) is 0. The van der Waals surface area contributed by atoms with Gasteiger partial charge in [-0.2, -0.15) is 0 Å². The molecule has 6 nitrogen and oxygen atoms in total. The lowest BCUT2D eigenvalue weighted by Gasteiger charge is -2.20. The van der Waals surface area contributed by atoms with Crippen molar-refractivity contribution in [1.29, 1.82) is 0 Å². The highest BCUT2D eigenvalue weighted by Gasteiger charge is 2.23. The first kappa shape index (κ1) is 22.1. The summed E-state index contributed by atoms with van der Waals surface area (Å²) < 4.78 is 0. The standard InChI is InChI=1S/C23H29N3O3/c1-16(2)13-20(26-22(28)19-12-8-7-9-17(19)3)23(29)25-15-21(27)24-14-18-10-5-4-6-11-18/h4-12,16,20H,13-15H2,1-3H3,(H,24,27)(H,25,29)(H,26,28). The Bertz CT molecular complexity index is 834. The van der Waals surface area contributed by atoms with Crippen molar-refractivity contribution in [2.75, 3.05) is 6.54 Å². The molecule has 0 radical (unpaired) electrons. The van der Waals surface area contributed by atoms with Gasteiger partial charge >= 0.3 is 0 Å². The van der Waals surface area contributed by atoms with Crippen LogP contribution in [-0.4, -0.2) is 30.3 Å². The van der Waals surface area contributed by atoms with Gasteiger partial charge in [0.15, 0.2) is 0 Å². The minimum atomic E-state index is -0.705. The minimum absolute atomic E-state index is 0.138. The van der Waals surface area contributed by atoms with Crippen molar-refractivity contribution < 1.29 is 14.4 Å². The van der Waals surface area contributed by atoms with Gasteiger partial charge in [-0.15, -0.1) is 0 Å². The number of rotatable bonds is 9. The number of hydrogen-bond donors (Lipinski definition) is 3. The zero-order valence-electron chi connectivity index (χ0n) is 17.2. The first-order valence-electron chi connectivity index (χ1n) is 9.81. The first-order valence-corrected chi connectivity index (χ1v) is 9.81. The van der Waals surface area contributed by atoms with Crippen LogP contribution in [-0.2, 0) is 16.1 Å². The van der Waals surface area contributed by atoms with E-state index < -0.39 is 6.04 Å². The molecule has 2 aromatic carbocycles. The molecule has 0 aliphatic rings. The molecule has 1 atom stereocenters. The van der Waals surface area contributed by atoms with E-state index in [9.17, 15) is 14.4 Å². The van der Waals surface area contributed by atoms with Crippen molar-refractivity contribution in [3.63, 3.8) is 0 Å². The van der Waals surface area contributed by atoms with Gasteiger partial charge in [-0.1, -0.05) is 62.4 Å². The molecule has 0 spiro atoms. The van der Waals surface area contributed by atoms with Crippen LogP contribution in [0.25, 0.3) is 0 Å². The third-order valence-electron chi connectivity index (χ3n) is 4.47. The van der Waals surface area contributed by atoms with E-state index in [0.29, 0.717) is 18.5 Å². The quantitative estimate of drug-likeness (QED) is 0.610. The number of benzene rings is 2. The van der Waals surface area contributed by atoms with Crippen LogP contribution in [0.15, 0.2) is 54.6 Å². The van der Waals surface area contributed by atoms with Crippen LogP contribution in [0.1, 0.15) is 41.8 Å². The maximum Gasteiger partial charge on any atom is 0.252 e. The summed E-state index contributed by atoms with van der Waals surface area (Å²) in [6.07, 6.45) is 0.481. The molecule has 0 saturated heterocycles. The molecule has 0 aromatic heterocycles. The number of carbonyl (C=O) groups excluding carboxylic acids is 3. The molecule has 154 valence electrons. The fourth-order valence-electron chi connectivity index (χ4n) is 2.92. The summed E-state index contributed by atoms with van der Waals surface area (Å²) in [5.41, 5.74) is 2.36. The third kappa shape index (κ3) is 7.41. The van der Waals surface area contributed by atoms with Crippen LogP contribution in [0.5, 0.6) is 0 Å². The number of hydrogen-bond acceptors (Lipinski definition) is 3. The third-order valence-corrected chi connectivity index (χ3v) is 4.47. The monoisotopic (exact) mass is 395 g/mol. The molecule has 0 heterocycles. The molecular formula is C23H29N3O3. The topological polar surface area (TPSA) is 87.3 Å². The second-order valence-corrected chi connectivity index (χ2v) is 7.45. The van der Waals surface area contributed by atoms with Gasteiger partial charge in [0.2, 0.25) is 11.8 Å². The Hall–Kier alpha value is -3.15. The van der Waals surface area contributed by atoms with Crippen LogP contribution in [0.4, 0.5) is 0 Å². The second kappa shape index (κ2) is 11.0. The number of nitrogens with one attached hydrogen (secondary N) is 3. The molecule has 1 unspecified atom stereocenters. The highest BCUT2D eigenvalue weighted by Crippen LogP contribution is 2.10. The Balaban J connectivity index is 1.90. The van der Waals surface area contributed by atoms with E-state index in [1.54, 1.807) is 12.1 Å². The lowest BCUT2D eigenvalue weighted by Crippen LogP contribution is -2.49. The predicted molar refractivity (Wildman–Crippen MR) is 113 cm³/mol. The summed E-state index contributed by atoms with van der Waals surface area (Å²) >= 11 is 0. The Kier molecular flexibility index (Phi) is 8.40. The highest BCUT2D eigenvalue weighted by molar-refractivity contribution is 5.99. The number of carbonyl (C=O) groups is 3. The van der Waals surface area contributed by atoms with Crippen LogP contribution in [0, 0.1) is 12.8 Å². The maximum absolute atomic E-state index is 12.6. The van der Waals surface area contributed by atoms with E-state index in [0.717, 1.165) is 11.1 Å². The van der Waals surface area contributed by atoms with E-state index in [2.05, 4.69) is 16.0 Å². The Morgan fingerprint density at radius 3 is 2.21 bits per heavy atom. The van der Waals surface area contributed by atoms with Gasteiger partial charge in [-0.25, -0.2) is 0 Å². The fraction of sp³-hybridized carbons (Fsp3) is 0.348. The van der Waals surface area contributed by atoms with Gasteiger partial charge in [-0.3, -0.25) is 14.4 Å². The summed E-state index contributed by atoms with van der Waals surface area (Å²) in [5.74, 6) is -0.738. The van der Waals surface area contributed by atoms with E-state index in [1.807, 2.05) is 63.2 Å². The van der Waals surface area contributed by atoms with Gasteiger partial charge in [0.05, 0.1) is 6.54 Å². The van der Waals surface area contributed by atoms with Crippen molar-refractivity contribution in [2.24, 2.45) is 5.92 Å². The molecule has 0 bridgehead atoms. The Morgan fingerprint density at radius 2 is 1.55 bits per heavy atom. The molecule has 3 N–H and O–H groups in total. The molecule has 0 fully saturated rings. The highest BCUT2D eigenvalue weighted by atomic mass is 16.2. The second-order valence-electron chi connectivity index (χ2n) is 7.45. The average Bonchev–Trinajstić information content (AvgIpc) is 2.70. The Morgan fingerprint density at radius 1 is 0.897 bits per heavy atom. The first-order chi connectivity index (χ1) is 13.9. The van der Waals surface area contributed by atoms with Crippen LogP contribution >= 0.6 is 0 Å². The molecule has 2 aromatic rings. The van der Waals surface area contributed by atoms with Gasteiger partial charge in [0.25, 0.3) is 5.91 Å². The zero-order valence-corrected chi connectivity index (χ0v) is 17.2. The normalized spacial score (nSPS) is 11.6. The molecule has 3 amide bonds. The lowest BCUT2D eigenvalue weighted by atomic mass is 10.0. The SMILES string of the molecule is Cc1ccccc1C(=O)NC(CC(C)C)C(=O)NCC(=O)NCc1ccccc1.